The van der Waals surface area contributed by atoms with Crippen molar-refractivity contribution >= 4 is 6.21 Å². The molecule has 4 unspecified atom stereocenters. The fourth-order valence-corrected chi connectivity index (χ4v) is 3.74. The molecule has 0 spiro atoms. The molecule has 0 aromatic carbocycles. The molecule has 0 aromatic heterocycles. The van der Waals surface area contributed by atoms with Crippen LogP contribution in [0.5, 0.6) is 0 Å². The molecular formula is C13H23N. The second-order valence-electron chi connectivity index (χ2n) is 5.57. The van der Waals surface area contributed by atoms with Crippen LogP contribution in [0.1, 0.15) is 33.6 Å². The van der Waals surface area contributed by atoms with Crippen LogP contribution in [0.2, 0.25) is 0 Å². The summed E-state index contributed by atoms with van der Waals surface area (Å²) in [5.74, 6) is 5.52. The molecule has 1 nitrogen and oxygen atoms in total. The van der Waals surface area contributed by atoms with E-state index in [1.165, 1.54) is 12.8 Å². The van der Waals surface area contributed by atoms with Gasteiger partial charge in [-0.15, -0.1) is 0 Å². The fraction of sp³-hybridized carbons (Fsp3) is 0.923. The van der Waals surface area contributed by atoms with Crippen molar-refractivity contribution < 1.29 is 0 Å². The van der Waals surface area contributed by atoms with E-state index in [0.29, 0.717) is 0 Å². The molecule has 1 heteroatoms. The Balaban J connectivity index is 2.04. The third-order valence-corrected chi connectivity index (χ3v) is 4.70. The van der Waals surface area contributed by atoms with Crippen molar-refractivity contribution in [3.05, 3.63) is 0 Å². The van der Waals surface area contributed by atoms with Gasteiger partial charge in [-0.2, -0.15) is 0 Å². The first kappa shape index (κ1) is 10.2. The molecule has 0 saturated heterocycles. The maximum Gasteiger partial charge on any atom is 0.0273 e. The third-order valence-electron chi connectivity index (χ3n) is 4.70. The lowest BCUT2D eigenvalue weighted by atomic mass is 9.44. The SMILES string of the molecule is CN=CC(C(C)C)C1C(C)[C@H]2CCC12. The van der Waals surface area contributed by atoms with Crippen molar-refractivity contribution in [3.8, 4) is 0 Å². The standard InChI is InChI=1S/C13H23N/c1-8(2)12(7-14-4)13-9(3)10-5-6-11(10)13/h7-13H,5-6H2,1-4H3/t9?,10-,11?,12?,13?/m1/s1. The first-order valence-corrected chi connectivity index (χ1v) is 6.09. The molecule has 0 aliphatic heterocycles. The molecule has 0 amide bonds. The molecule has 14 heavy (non-hydrogen) atoms. The van der Waals surface area contributed by atoms with Crippen LogP contribution >= 0.6 is 0 Å². The van der Waals surface area contributed by atoms with Crippen molar-refractivity contribution in [2.45, 2.75) is 33.6 Å². The zero-order valence-corrected chi connectivity index (χ0v) is 9.90. The van der Waals surface area contributed by atoms with Gasteiger partial charge in [-0.1, -0.05) is 20.8 Å². The van der Waals surface area contributed by atoms with Crippen LogP contribution in [-0.4, -0.2) is 13.3 Å². The first-order chi connectivity index (χ1) is 6.66. The van der Waals surface area contributed by atoms with Crippen molar-refractivity contribution in [1.82, 2.24) is 0 Å². The van der Waals surface area contributed by atoms with E-state index in [0.717, 1.165) is 35.5 Å². The quantitative estimate of drug-likeness (QED) is 0.610. The summed E-state index contributed by atoms with van der Waals surface area (Å²) in [5, 5.41) is 0. The molecule has 2 saturated carbocycles. The number of fused-ring (bicyclic) bond motifs is 1. The van der Waals surface area contributed by atoms with Crippen molar-refractivity contribution in [1.29, 1.82) is 0 Å². The molecule has 0 radical (unpaired) electrons. The molecule has 0 aromatic rings. The molecule has 80 valence electrons. The highest BCUT2D eigenvalue weighted by molar-refractivity contribution is 5.62. The van der Waals surface area contributed by atoms with Crippen LogP contribution in [0.3, 0.4) is 0 Å². The van der Waals surface area contributed by atoms with E-state index in [1.54, 1.807) is 0 Å². The van der Waals surface area contributed by atoms with Crippen LogP contribution in [-0.2, 0) is 0 Å². The van der Waals surface area contributed by atoms with E-state index in [4.69, 9.17) is 0 Å². The largest absolute Gasteiger partial charge is 0.301 e. The zero-order valence-electron chi connectivity index (χ0n) is 9.90. The van der Waals surface area contributed by atoms with E-state index in [1.807, 2.05) is 7.05 Å². The van der Waals surface area contributed by atoms with Crippen LogP contribution in [0.15, 0.2) is 4.99 Å². The summed E-state index contributed by atoms with van der Waals surface area (Å²) in [7, 11) is 1.91. The Morgan fingerprint density at radius 2 is 1.86 bits per heavy atom. The summed E-state index contributed by atoms with van der Waals surface area (Å²) >= 11 is 0. The summed E-state index contributed by atoms with van der Waals surface area (Å²) in [5.41, 5.74) is 0. The molecule has 2 aliphatic rings. The van der Waals surface area contributed by atoms with Gasteiger partial charge in [0.2, 0.25) is 0 Å². The van der Waals surface area contributed by atoms with Gasteiger partial charge in [-0.3, -0.25) is 0 Å². The Morgan fingerprint density at radius 1 is 1.21 bits per heavy atom. The molecule has 0 bridgehead atoms. The van der Waals surface area contributed by atoms with E-state index >= 15 is 0 Å². The Hall–Kier alpha value is -0.330. The minimum Gasteiger partial charge on any atom is -0.301 e. The lowest BCUT2D eigenvalue weighted by Crippen LogP contribution is -2.55. The van der Waals surface area contributed by atoms with Gasteiger partial charge in [0.15, 0.2) is 0 Å². The van der Waals surface area contributed by atoms with Crippen LogP contribution < -0.4 is 0 Å². The summed E-state index contributed by atoms with van der Waals surface area (Å²) in [6.07, 6.45) is 5.19. The highest BCUT2D eigenvalue weighted by Crippen LogP contribution is 2.61. The lowest BCUT2D eigenvalue weighted by molar-refractivity contribution is -0.114. The highest BCUT2D eigenvalue weighted by Gasteiger charge is 2.55. The summed E-state index contributed by atoms with van der Waals surface area (Å²) < 4.78 is 0. The van der Waals surface area contributed by atoms with Gasteiger partial charge < -0.3 is 4.99 Å². The first-order valence-electron chi connectivity index (χ1n) is 6.09. The lowest BCUT2D eigenvalue weighted by Gasteiger charge is -2.61. The number of nitrogens with zero attached hydrogens (tertiary/aromatic N) is 1. The average Bonchev–Trinajstić information content (AvgIpc) is 2.08. The molecule has 0 heterocycles. The summed E-state index contributed by atoms with van der Waals surface area (Å²) in [6, 6.07) is 0. The van der Waals surface area contributed by atoms with E-state index in [9.17, 15) is 0 Å². The monoisotopic (exact) mass is 193 g/mol. The van der Waals surface area contributed by atoms with E-state index in [2.05, 4.69) is 32.0 Å². The minimum atomic E-state index is 0.733. The Bertz CT molecular complexity index is 225. The molecular weight excluding hydrogens is 170 g/mol. The van der Waals surface area contributed by atoms with Crippen molar-refractivity contribution in [2.75, 3.05) is 7.05 Å². The van der Waals surface area contributed by atoms with Crippen LogP contribution in [0, 0.1) is 35.5 Å². The Kier molecular flexibility index (Phi) is 2.68. The normalized spacial score (nSPS) is 43.2. The van der Waals surface area contributed by atoms with Gasteiger partial charge in [0.05, 0.1) is 0 Å². The Morgan fingerprint density at radius 3 is 2.21 bits per heavy atom. The van der Waals surface area contributed by atoms with E-state index < -0.39 is 0 Å². The van der Waals surface area contributed by atoms with Crippen molar-refractivity contribution in [3.63, 3.8) is 0 Å². The smallest absolute Gasteiger partial charge is 0.0273 e. The fourth-order valence-electron chi connectivity index (χ4n) is 3.74. The van der Waals surface area contributed by atoms with Gasteiger partial charge in [0.25, 0.3) is 0 Å². The molecule has 2 rings (SSSR count). The number of aliphatic imine (C=N–C) groups is 1. The van der Waals surface area contributed by atoms with Gasteiger partial charge in [0, 0.05) is 13.3 Å². The third kappa shape index (κ3) is 1.32. The van der Waals surface area contributed by atoms with Crippen molar-refractivity contribution in [2.24, 2.45) is 40.5 Å². The van der Waals surface area contributed by atoms with Crippen LogP contribution in [0.4, 0.5) is 0 Å². The average molecular weight is 193 g/mol. The summed E-state index contributed by atoms with van der Waals surface area (Å²) in [6.45, 7) is 7.12. The molecule has 2 aliphatic carbocycles. The maximum absolute atomic E-state index is 4.25. The molecule has 0 N–H and O–H groups in total. The predicted molar refractivity (Wildman–Crippen MR) is 61.6 cm³/mol. The highest BCUT2D eigenvalue weighted by atomic mass is 14.7. The predicted octanol–water partition coefficient (Wildman–Crippen LogP) is 3.25. The molecule has 2 fully saturated rings. The topological polar surface area (TPSA) is 12.4 Å². The van der Waals surface area contributed by atoms with Crippen LogP contribution in [0.25, 0.3) is 0 Å². The second kappa shape index (κ2) is 3.67. The van der Waals surface area contributed by atoms with Gasteiger partial charge >= 0.3 is 0 Å². The number of hydrogen-bond donors (Lipinski definition) is 0. The van der Waals surface area contributed by atoms with E-state index in [-0.39, 0.29) is 0 Å². The van der Waals surface area contributed by atoms with Gasteiger partial charge in [-0.25, -0.2) is 0 Å². The zero-order chi connectivity index (χ0) is 10.3. The Labute approximate surface area is 88.0 Å². The second-order valence-corrected chi connectivity index (χ2v) is 5.57. The number of rotatable bonds is 3. The molecule has 5 atom stereocenters. The van der Waals surface area contributed by atoms with Gasteiger partial charge in [0.1, 0.15) is 0 Å². The number of hydrogen-bond acceptors (Lipinski definition) is 1. The minimum absolute atomic E-state index is 0.733. The maximum atomic E-state index is 4.25. The summed E-state index contributed by atoms with van der Waals surface area (Å²) in [4.78, 5) is 4.25. The van der Waals surface area contributed by atoms with Gasteiger partial charge in [-0.05, 0) is 48.3 Å².